The average Bonchev–Trinajstić information content (AvgIpc) is 2.42. The number of nitrogens with zero attached hydrogens (tertiary/aromatic N) is 1. The van der Waals surface area contributed by atoms with Crippen LogP contribution in [0.3, 0.4) is 0 Å². The Morgan fingerprint density at radius 2 is 1.35 bits per heavy atom. The number of aromatic nitrogens is 1. The Bertz CT molecular complexity index is 755. The fraction of sp³-hybridized carbons (Fsp3) is 0.154. The Balaban J connectivity index is 2.80. The number of rotatable bonds is 1. The maximum Gasteiger partial charge on any atom is 0.433 e. The van der Waals surface area contributed by atoms with Gasteiger partial charge in [-0.25, -0.2) is 4.98 Å². The molecule has 10 heteroatoms. The van der Waals surface area contributed by atoms with Crippen LogP contribution in [0.5, 0.6) is 0 Å². The Kier molecular flexibility index (Phi) is 4.76. The van der Waals surface area contributed by atoms with E-state index < -0.39 is 39.9 Å². The number of hydrogen-bond acceptors (Lipinski definition) is 1. The summed E-state index contributed by atoms with van der Waals surface area (Å²) in [7, 11) is 0. The highest BCUT2D eigenvalue weighted by atomic mass is 35.5. The highest BCUT2D eigenvalue weighted by Gasteiger charge is 2.39. The first kappa shape index (κ1) is 18.2. The van der Waals surface area contributed by atoms with Crippen LogP contribution in [0, 0.1) is 0 Å². The van der Waals surface area contributed by atoms with Crippen molar-refractivity contribution in [3.05, 3.63) is 50.6 Å². The van der Waals surface area contributed by atoms with Crippen LogP contribution in [0.25, 0.3) is 11.3 Å². The van der Waals surface area contributed by atoms with Crippen LogP contribution >= 0.6 is 34.8 Å². The molecule has 0 saturated carbocycles. The van der Waals surface area contributed by atoms with Gasteiger partial charge >= 0.3 is 12.4 Å². The van der Waals surface area contributed by atoms with Crippen molar-refractivity contribution in [2.24, 2.45) is 0 Å². The normalized spacial score (nSPS) is 12.6. The van der Waals surface area contributed by atoms with Gasteiger partial charge in [0.15, 0.2) is 0 Å². The van der Waals surface area contributed by atoms with Gasteiger partial charge in [0.25, 0.3) is 0 Å². The molecule has 1 heterocycles. The van der Waals surface area contributed by atoms with Gasteiger partial charge in [0, 0.05) is 5.56 Å². The van der Waals surface area contributed by atoms with Crippen molar-refractivity contribution in [2.75, 3.05) is 0 Å². The fourth-order valence-electron chi connectivity index (χ4n) is 1.76. The molecule has 0 radical (unpaired) electrons. The lowest BCUT2D eigenvalue weighted by Gasteiger charge is -2.16. The minimum Gasteiger partial charge on any atom is -0.243 e. The first-order chi connectivity index (χ1) is 10.4. The van der Waals surface area contributed by atoms with Crippen LogP contribution in [-0.4, -0.2) is 4.98 Å². The van der Waals surface area contributed by atoms with Crippen molar-refractivity contribution in [3.8, 4) is 11.3 Å². The molecule has 0 fully saturated rings. The Labute approximate surface area is 140 Å². The van der Waals surface area contributed by atoms with Crippen LogP contribution in [0.2, 0.25) is 15.1 Å². The molecule has 124 valence electrons. The lowest BCUT2D eigenvalue weighted by atomic mass is 10.0. The molecule has 0 amide bonds. The predicted octanol–water partition coefficient (Wildman–Crippen LogP) is 6.75. The minimum absolute atomic E-state index is 0.0547. The van der Waals surface area contributed by atoms with E-state index in [9.17, 15) is 26.3 Å². The molecule has 0 aliphatic rings. The number of alkyl halides is 6. The van der Waals surface area contributed by atoms with Gasteiger partial charge in [0.05, 0.1) is 26.3 Å². The predicted molar refractivity (Wildman–Crippen MR) is 74.7 cm³/mol. The molecule has 1 aromatic carbocycles. The van der Waals surface area contributed by atoms with E-state index in [2.05, 4.69) is 4.98 Å². The highest BCUT2D eigenvalue weighted by Crippen LogP contribution is 2.43. The summed E-state index contributed by atoms with van der Waals surface area (Å²) in [5.74, 6) is 0. The number of halogens is 9. The summed E-state index contributed by atoms with van der Waals surface area (Å²) >= 11 is 17.2. The third-order valence-electron chi connectivity index (χ3n) is 2.78. The van der Waals surface area contributed by atoms with Crippen molar-refractivity contribution < 1.29 is 26.3 Å². The SMILES string of the molecule is FC(F)(F)c1ccc(C(F)(F)F)c(-c2ccc(Cl)c(Cl)c2Cl)n1. The maximum atomic E-state index is 13.1. The topological polar surface area (TPSA) is 12.9 Å². The molecule has 1 aromatic heterocycles. The molecular formula is C13H4Cl3F6N. The van der Waals surface area contributed by atoms with Crippen LogP contribution in [-0.2, 0) is 12.4 Å². The number of hydrogen-bond donors (Lipinski definition) is 0. The zero-order valence-corrected chi connectivity index (χ0v) is 12.9. The fourth-order valence-corrected chi connectivity index (χ4v) is 2.38. The monoisotopic (exact) mass is 393 g/mol. The largest absolute Gasteiger partial charge is 0.433 e. The molecule has 2 rings (SSSR count). The second-order valence-corrected chi connectivity index (χ2v) is 5.47. The molecule has 0 bridgehead atoms. The molecular weight excluding hydrogens is 390 g/mol. The molecule has 0 N–H and O–H groups in total. The van der Waals surface area contributed by atoms with Crippen molar-refractivity contribution in [2.45, 2.75) is 12.4 Å². The average molecular weight is 395 g/mol. The standard InChI is InChI=1S/C13H4Cl3F6N/c14-7-3-1-5(9(15)10(7)16)11-6(12(17,18)19)2-4-8(23-11)13(20,21)22/h1-4H. The molecule has 0 aliphatic heterocycles. The summed E-state index contributed by atoms with van der Waals surface area (Å²) in [6.45, 7) is 0. The van der Waals surface area contributed by atoms with Crippen LogP contribution in [0.1, 0.15) is 11.3 Å². The third-order valence-corrected chi connectivity index (χ3v) is 4.07. The number of pyridine rings is 1. The summed E-state index contributed by atoms with van der Waals surface area (Å²) in [5.41, 5.74) is -4.23. The van der Waals surface area contributed by atoms with E-state index >= 15 is 0 Å². The maximum absolute atomic E-state index is 13.1. The van der Waals surface area contributed by atoms with Gasteiger partial charge in [-0.1, -0.05) is 34.8 Å². The quantitative estimate of drug-likeness (QED) is 0.385. The zero-order valence-electron chi connectivity index (χ0n) is 10.7. The lowest BCUT2D eigenvalue weighted by molar-refractivity contribution is -0.144. The van der Waals surface area contributed by atoms with Crippen molar-refractivity contribution in [1.29, 1.82) is 0 Å². The smallest absolute Gasteiger partial charge is 0.243 e. The van der Waals surface area contributed by atoms with Gasteiger partial charge in [0.2, 0.25) is 0 Å². The Morgan fingerprint density at radius 1 is 0.739 bits per heavy atom. The molecule has 23 heavy (non-hydrogen) atoms. The molecule has 0 unspecified atom stereocenters. The van der Waals surface area contributed by atoms with Crippen LogP contribution in [0.4, 0.5) is 26.3 Å². The third kappa shape index (κ3) is 3.67. The molecule has 0 atom stereocenters. The summed E-state index contributed by atoms with van der Waals surface area (Å²) in [4.78, 5) is 3.08. The first-order valence-electron chi connectivity index (χ1n) is 5.72. The van der Waals surface area contributed by atoms with E-state index in [0.29, 0.717) is 6.07 Å². The van der Waals surface area contributed by atoms with Gasteiger partial charge in [-0.2, -0.15) is 26.3 Å². The van der Waals surface area contributed by atoms with Gasteiger partial charge < -0.3 is 0 Å². The molecule has 0 spiro atoms. The first-order valence-corrected chi connectivity index (χ1v) is 6.85. The van der Waals surface area contributed by atoms with Crippen LogP contribution in [0.15, 0.2) is 24.3 Å². The highest BCUT2D eigenvalue weighted by molar-refractivity contribution is 6.49. The summed E-state index contributed by atoms with van der Waals surface area (Å²) in [5, 5.41) is -0.754. The van der Waals surface area contributed by atoms with E-state index in [1.807, 2.05) is 0 Å². The van der Waals surface area contributed by atoms with E-state index in [4.69, 9.17) is 34.8 Å². The van der Waals surface area contributed by atoms with Crippen molar-refractivity contribution in [3.63, 3.8) is 0 Å². The lowest BCUT2D eigenvalue weighted by Crippen LogP contribution is -2.14. The second kappa shape index (κ2) is 6.03. The second-order valence-electron chi connectivity index (χ2n) is 4.31. The van der Waals surface area contributed by atoms with E-state index in [1.165, 1.54) is 0 Å². The van der Waals surface area contributed by atoms with Gasteiger partial charge in [0.1, 0.15) is 5.69 Å². The molecule has 1 nitrogen and oxygen atoms in total. The summed E-state index contributed by atoms with van der Waals surface area (Å²) < 4.78 is 77.3. The zero-order chi connectivity index (χ0) is 17.6. The van der Waals surface area contributed by atoms with Crippen LogP contribution < -0.4 is 0 Å². The minimum atomic E-state index is -4.93. The molecule has 0 aliphatic carbocycles. The van der Waals surface area contributed by atoms with Crippen molar-refractivity contribution in [1.82, 2.24) is 4.98 Å². The van der Waals surface area contributed by atoms with E-state index in [-0.39, 0.29) is 16.1 Å². The van der Waals surface area contributed by atoms with E-state index in [1.54, 1.807) is 0 Å². The molecule has 2 aromatic rings. The summed E-state index contributed by atoms with van der Waals surface area (Å²) in [6, 6.07) is 2.68. The van der Waals surface area contributed by atoms with Gasteiger partial charge in [-0.15, -0.1) is 0 Å². The Morgan fingerprint density at radius 3 is 1.87 bits per heavy atom. The summed E-state index contributed by atoms with van der Waals surface area (Å²) in [6.07, 6.45) is -9.84. The molecule has 0 saturated heterocycles. The number of benzene rings is 1. The Hall–Kier alpha value is -1.18. The van der Waals surface area contributed by atoms with Gasteiger partial charge in [-0.3, -0.25) is 0 Å². The van der Waals surface area contributed by atoms with Gasteiger partial charge in [-0.05, 0) is 24.3 Å². The van der Waals surface area contributed by atoms with Crippen molar-refractivity contribution >= 4 is 34.8 Å². The van der Waals surface area contributed by atoms with E-state index in [0.717, 1.165) is 12.1 Å².